The molecular formula is FeN6O18Rh. The van der Waals surface area contributed by atoms with Crippen LogP contribution in [0.2, 0.25) is 0 Å². The first-order valence-corrected chi connectivity index (χ1v) is 3.29. The van der Waals surface area contributed by atoms with Gasteiger partial charge in [0.25, 0.3) is 0 Å². The van der Waals surface area contributed by atoms with E-state index in [4.69, 9.17) is 91.9 Å². The van der Waals surface area contributed by atoms with Gasteiger partial charge in [-0.2, -0.15) is 0 Å². The molecule has 0 fully saturated rings. The van der Waals surface area contributed by atoms with E-state index in [-0.39, 0.29) is 36.5 Å². The number of nitrogens with zero attached hydrogens (tertiary/aromatic N) is 6. The minimum atomic E-state index is -1.75. The fraction of sp³-hybridized carbons (Fsp3) is 0. The summed E-state index contributed by atoms with van der Waals surface area (Å²) in [6.45, 7) is 0. The second-order valence-corrected chi connectivity index (χ2v) is 1.34. The maximum absolute atomic E-state index is 8.25. The zero-order chi connectivity index (χ0) is 21.5. The van der Waals surface area contributed by atoms with Gasteiger partial charge in [0.05, 0.1) is 30.5 Å². The smallest absolute Gasteiger partial charge is 0.356 e. The van der Waals surface area contributed by atoms with E-state index in [1.54, 1.807) is 0 Å². The van der Waals surface area contributed by atoms with Crippen LogP contribution in [-0.2, 0) is 36.5 Å². The van der Waals surface area contributed by atoms with Crippen molar-refractivity contribution in [2.45, 2.75) is 0 Å². The Hall–Kier alpha value is -3.66. The van der Waals surface area contributed by atoms with E-state index in [1.807, 2.05) is 0 Å². The molecule has 0 aromatic heterocycles. The quantitative estimate of drug-likeness (QED) is 0.196. The van der Waals surface area contributed by atoms with Gasteiger partial charge < -0.3 is 91.9 Å². The normalized spacial score (nSPS) is 5.54. The molecule has 155 valence electrons. The van der Waals surface area contributed by atoms with E-state index in [9.17, 15) is 0 Å². The van der Waals surface area contributed by atoms with E-state index in [2.05, 4.69) is 0 Å². The number of rotatable bonds is 0. The summed E-state index contributed by atoms with van der Waals surface area (Å²) < 4.78 is 0. The zero-order valence-corrected chi connectivity index (χ0v) is 13.5. The Morgan fingerprint density at radius 1 is 0.308 bits per heavy atom. The van der Waals surface area contributed by atoms with Gasteiger partial charge in [-0.25, -0.2) is 0 Å². The van der Waals surface area contributed by atoms with Crippen LogP contribution in [-0.4, -0.2) is 30.5 Å². The monoisotopic (exact) mass is 531 g/mol. The Labute approximate surface area is 159 Å². The topological polar surface area (TPSA) is 397 Å². The van der Waals surface area contributed by atoms with Crippen molar-refractivity contribution in [3.8, 4) is 0 Å². The molecule has 0 aromatic rings. The Bertz CT molecular complexity index is 263. The molecule has 0 spiro atoms. The molecule has 0 aliphatic heterocycles. The summed E-state index contributed by atoms with van der Waals surface area (Å²) in [4.78, 5) is 49.5. The predicted octanol–water partition coefficient (Wildman–Crippen LogP) is -1.44. The molecular weight excluding hydrogens is 531 g/mol. The molecule has 0 aliphatic rings. The number of hydrogen-bond acceptors (Lipinski definition) is 18. The molecule has 0 aromatic carbocycles. The Balaban J connectivity index is -0.0000000245. The van der Waals surface area contributed by atoms with Crippen molar-refractivity contribution in [2.24, 2.45) is 0 Å². The molecule has 26 heavy (non-hydrogen) atoms. The van der Waals surface area contributed by atoms with Crippen LogP contribution >= 0.6 is 0 Å². The van der Waals surface area contributed by atoms with Gasteiger partial charge in [0, 0.05) is 0 Å². The third-order valence-corrected chi connectivity index (χ3v) is 0. The van der Waals surface area contributed by atoms with Crippen molar-refractivity contribution in [1.82, 2.24) is 0 Å². The molecule has 0 saturated heterocycles. The van der Waals surface area contributed by atoms with Crippen LogP contribution in [0.1, 0.15) is 0 Å². The molecule has 0 bridgehead atoms. The van der Waals surface area contributed by atoms with Crippen LogP contribution in [0.5, 0.6) is 0 Å². The van der Waals surface area contributed by atoms with Crippen molar-refractivity contribution in [3.63, 3.8) is 0 Å². The van der Waals surface area contributed by atoms with Crippen LogP contribution in [0.4, 0.5) is 0 Å². The van der Waals surface area contributed by atoms with Gasteiger partial charge in [-0.15, -0.1) is 0 Å². The maximum atomic E-state index is 8.25. The van der Waals surface area contributed by atoms with Gasteiger partial charge >= 0.3 is 36.5 Å². The first-order chi connectivity index (χ1) is 10.4. The average Bonchev–Trinajstić information content (AvgIpc) is 2.08. The van der Waals surface area contributed by atoms with Gasteiger partial charge in [0.1, 0.15) is 0 Å². The predicted molar refractivity (Wildman–Crippen MR) is 62.2 cm³/mol. The largest absolute Gasteiger partial charge is 3.00 e. The fourth-order valence-electron chi connectivity index (χ4n) is 0. The molecule has 0 atom stereocenters. The molecule has 26 heteroatoms. The van der Waals surface area contributed by atoms with Gasteiger partial charge in [-0.3, -0.25) is 0 Å². The van der Waals surface area contributed by atoms with Crippen molar-refractivity contribution >= 4 is 0 Å². The van der Waals surface area contributed by atoms with Gasteiger partial charge in [0.2, 0.25) is 0 Å². The van der Waals surface area contributed by atoms with E-state index < -0.39 is 30.5 Å². The van der Waals surface area contributed by atoms with E-state index in [1.165, 1.54) is 0 Å². The maximum Gasteiger partial charge on any atom is 3.00 e. The molecule has 0 saturated carbocycles. The molecule has 0 heterocycles. The summed E-state index contributed by atoms with van der Waals surface area (Å²) in [5, 5.41) is 88.5. The van der Waals surface area contributed by atoms with Gasteiger partial charge in [0.15, 0.2) is 0 Å². The standard InChI is InChI=1S/Fe.6NO3.Rh/c;6*2-1(3)4;/q+3;6*-1;+3. The Kier molecular flexibility index (Phi) is 81.7. The van der Waals surface area contributed by atoms with Crippen LogP contribution < -0.4 is 0 Å². The summed E-state index contributed by atoms with van der Waals surface area (Å²) in [6.07, 6.45) is 0. The summed E-state index contributed by atoms with van der Waals surface area (Å²) >= 11 is 0. The van der Waals surface area contributed by atoms with Crippen LogP contribution in [0, 0.1) is 91.9 Å². The third-order valence-electron chi connectivity index (χ3n) is 0. The first kappa shape index (κ1) is 49.5. The SMILES string of the molecule is O=[N+]([O-])[O-].O=[N+]([O-])[O-].O=[N+]([O-])[O-].O=[N+]([O-])[O-].O=[N+]([O-])[O-].O=[N+]([O-])[O-].[Fe+3].[Rh+3]. The minimum absolute atomic E-state index is 0. The molecule has 0 rings (SSSR count). The second kappa shape index (κ2) is 42.9. The van der Waals surface area contributed by atoms with Gasteiger partial charge in [-0.05, 0) is 0 Å². The molecule has 24 nitrogen and oxygen atoms in total. The average molecular weight is 531 g/mol. The fourth-order valence-corrected chi connectivity index (χ4v) is 0. The van der Waals surface area contributed by atoms with Crippen LogP contribution in [0.25, 0.3) is 0 Å². The molecule has 0 N–H and O–H groups in total. The van der Waals surface area contributed by atoms with Crippen molar-refractivity contribution in [2.75, 3.05) is 0 Å². The molecule has 0 unspecified atom stereocenters. The van der Waals surface area contributed by atoms with Crippen LogP contribution in [0.3, 0.4) is 0 Å². The molecule has 1 radical (unpaired) electrons. The van der Waals surface area contributed by atoms with E-state index >= 15 is 0 Å². The van der Waals surface area contributed by atoms with E-state index in [0.29, 0.717) is 0 Å². The van der Waals surface area contributed by atoms with E-state index in [0.717, 1.165) is 0 Å². The third kappa shape index (κ3) is 569. The van der Waals surface area contributed by atoms with Crippen LogP contribution in [0.15, 0.2) is 0 Å². The Morgan fingerprint density at radius 2 is 0.308 bits per heavy atom. The van der Waals surface area contributed by atoms with Gasteiger partial charge in [-0.1, -0.05) is 0 Å². The summed E-state index contributed by atoms with van der Waals surface area (Å²) in [6, 6.07) is 0. The second-order valence-electron chi connectivity index (χ2n) is 1.34. The van der Waals surface area contributed by atoms with Crippen molar-refractivity contribution in [3.05, 3.63) is 91.9 Å². The summed E-state index contributed by atoms with van der Waals surface area (Å²) in [5.41, 5.74) is 0. The molecule has 0 aliphatic carbocycles. The Morgan fingerprint density at radius 3 is 0.308 bits per heavy atom. The summed E-state index contributed by atoms with van der Waals surface area (Å²) in [7, 11) is 0. The van der Waals surface area contributed by atoms with Crippen molar-refractivity contribution in [1.29, 1.82) is 0 Å². The first-order valence-electron chi connectivity index (χ1n) is 3.29. The summed E-state index contributed by atoms with van der Waals surface area (Å²) in [5.74, 6) is 0. The number of hydrogen-bond donors (Lipinski definition) is 0. The minimum Gasteiger partial charge on any atom is -0.356 e. The van der Waals surface area contributed by atoms with Crippen molar-refractivity contribution < 1.29 is 67.1 Å². The molecule has 0 amide bonds. The zero-order valence-electron chi connectivity index (χ0n) is 10.7.